The highest BCUT2D eigenvalue weighted by Gasteiger charge is 2.19. The van der Waals surface area contributed by atoms with E-state index in [9.17, 15) is 9.59 Å². The van der Waals surface area contributed by atoms with Crippen LogP contribution in [0.25, 0.3) is 0 Å². The maximum atomic E-state index is 12.0. The maximum absolute atomic E-state index is 12.0. The average Bonchev–Trinajstić information content (AvgIpc) is 3.22. The van der Waals surface area contributed by atoms with Gasteiger partial charge in [-0.2, -0.15) is 0 Å². The first-order chi connectivity index (χ1) is 12.2. The van der Waals surface area contributed by atoms with Crippen LogP contribution in [0.5, 0.6) is 0 Å². The van der Waals surface area contributed by atoms with Crippen LogP contribution in [0.4, 0.5) is 0 Å². The lowest BCUT2D eigenvalue weighted by Crippen LogP contribution is -2.29. The number of rotatable bonds is 8. The summed E-state index contributed by atoms with van der Waals surface area (Å²) >= 11 is 3.26. The van der Waals surface area contributed by atoms with E-state index in [0.717, 1.165) is 25.0 Å². The van der Waals surface area contributed by atoms with E-state index in [1.807, 2.05) is 24.3 Å². The number of nitrogens with one attached hydrogen (secondary N) is 1. The molecule has 6 heteroatoms. The second kappa shape index (κ2) is 9.06. The molecule has 0 atom stereocenters. The number of carbonyl (C=O) groups excluding carboxylic acids is 2. The van der Waals surface area contributed by atoms with Gasteiger partial charge in [-0.3, -0.25) is 4.79 Å². The van der Waals surface area contributed by atoms with Gasteiger partial charge in [0.25, 0.3) is 5.91 Å². The van der Waals surface area contributed by atoms with Crippen molar-refractivity contribution in [2.24, 2.45) is 0 Å². The molecule has 1 heterocycles. The Kier molecular flexibility index (Phi) is 6.53. The van der Waals surface area contributed by atoms with Crippen LogP contribution in [0.3, 0.4) is 0 Å². The highest BCUT2D eigenvalue weighted by molar-refractivity contribution is 7.99. The molecule has 25 heavy (non-hydrogen) atoms. The molecule has 1 amide bonds. The van der Waals surface area contributed by atoms with Gasteiger partial charge in [0.1, 0.15) is 4.88 Å². The number of hydrogen-bond donors (Lipinski definition) is 1. The number of esters is 1. The van der Waals surface area contributed by atoms with Crippen molar-refractivity contribution >= 4 is 35.0 Å². The van der Waals surface area contributed by atoms with Crippen molar-refractivity contribution in [2.45, 2.75) is 30.6 Å². The summed E-state index contributed by atoms with van der Waals surface area (Å²) in [6.07, 6.45) is 4.13. The second-order valence-corrected chi connectivity index (χ2v) is 8.16. The molecule has 1 N–H and O–H groups in total. The van der Waals surface area contributed by atoms with Gasteiger partial charge in [-0.15, -0.1) is 23.1 Å². The summed E-state index contributed by atoms with van der Waals surface area (Å²) in [6.45, 7) is 0.372. The first kappa shape index (κ1) is 18.0. The number of thioether (sulfide) groups is 1. The van der Waals surface area contributed by atoms with Crippen LogP contribution in [-0.2, 0) is 22.4 Å². The van der Waals surface area contributed by atoms with E-state index in [0.29, 0.717) is 11.4 Å². The van der Waals surface area contributed by atoms with Gasteiger partial charge in [0.15, 0.2) is 6.61 Å². The lowest BCUT2D eigenvalue weighted by atomic mass is 10.2. The van der Waals surface area contributed by atoms with Crippen molar-refractivity contribution in [2.75, 3.05) is 18.9 Å². The van der Waals surface area contributed by atoms with Gasteiger partial charge >= 0.3 is 5.97 Å². The zero-order valence-electron chi connectivity index (χ0n) is 14.0. The molecular weight excluding hydrogens is 354 g/mol. The van der Waals surface area contributed by atoms with Crippen molar-refractivity contribution in [3.8, 4) is 0 Å². The lowest BCUT2D eigenvalue weighted by molar-refractivity contribution is -0.124. The van der Waals surface area contributed by atoms with E-state index in [2.05, 4.69) is 17.4 Å². The number of hydrogen-bond acceptors (Lipinski definition) is 5. The molecule has 0 aliphatic heterocycles. The zero-order chi connectivity index (χ0) is 17.5. The number of aryl methyl sites for hydroxylation is 2. The van der Waals surface area contributed by atoms with Crippen LogP contribution in [-0.4, -0.2) is 30.8 Å². The summed E-state index contributed by atoms with van der Waals surface area (Å²) in [5, 5.41) is 2.79. The van der Waals surface area contributed by atoms with Crippen LogP contribution in [0, 0.1) is 0 Å². The molecule has 4 nitrogen and oxygen atoms in total. The Hall–Kier alpha value is -1.79. The highest BCUT2D eigenvalue weighted by Crippen LogP contribution is 2.30. The lowest BCUT2D eigenvalue weighted by Gasteiger charge is -2.06. The Morgan fingerprint density at radius 3 is 2.84 bits per heavy atom. The molecule has 1 aromatic carbocycles. The molecule has 1 aliphatic rings. The molecular formula is C19H21NO3S2. The topological polar surface area (TPSA) is 55.4 Å². The molecule has 3 rings (SSSR count). The van der Waals surface area contributed by atoms with E-state index < -0.39 is 5.97 Å². The zero-order valence-corrected chi connectivity index (χ0v) is 15.6. The Morgan fingerprint density at radius 2 is 2.04 bits per heavy atom. The van der Waals surface area contributed by atoms with Gasteiger partial charge in [0, 0.05) is 16.3 Å². The smallest absolute Gasteiger partial charge is 0.348 e. The van der Waals surface area contributed by atoms with Crippen molar-refractivity contribution in [1.82, 2.24) is 5.32 Å². The third-order valence-corrected chi connectivity index (χ3v) is 6.25. The SMILES string of the molecule is O=C(COC(=O)c1cc2c(s1)CCC2)NCCCSc1ccccc1. The first-order valence-corrected chi connectivity index (χ1v) is 10.3. The van der Waals surface area contributed by atoms with Crippen LogP contribution < -0.4 is 5.32 Å². The van der Waals surface area contributed by atoms with Crippen molar-refractivity contribution < 1.29 is 14.3 Å². The molecule has 0 radical (unpaired) electrons. The average molecular weight is 376 g/mol. The second-order valence-electron chi connectivity index (χ2n) is 5.85. The summed E-state index contributed by atoms with van der Waals surface area (Å²) in [5.41, 5.74) is 1.26. The number of carbonyl (C=O) groups is 2. The number of amides is 1. The fourth-order valence-corrected chi connectivity index (χ4v) is 4.71. The molecule has 0 unspecified atom stereocenters. The third kappa shape index (κ3) is 5.34. The minimum atomic E-state index is -0.394. The van der Waals surface area contributed by atoms with E-state index >= 15 is 0 Å². The Labute approximate surface area is 156 Å². The molecule has 0 saturated heterocycles. The molecule has 1 aliphatic carbocycles. The van der Waals surface area contributed by atoms with Crippen molar-refractivity contribution in [1.29, 1.82) is 0 Å². The normalized spacial score (nSPS) is 12.6. The predicted molar refractivity (Wildman–Crippen MR) is 101 cm³/mol. The molecule has 1 aromatic heterocycles. The molecule has 0 spiro atoms. The van der Waals surface area contributed by atoms with Crippen molar-refractivity contribution in [3.05, 3.63) is 51.7 Å². The van der Waals surface area contributed by atoms with Gasteiger partial charge in [-0.1, -0.05) is 18.2 Å². The summed E-state index contributed by atoms with van der Waals surface area (Å²) in [6, 6.07) is 12.1. The summed E-state index contributed by atoms with van der Waals surface area (Å²) in [4.78, 5) is 26.9. The van der Waals surface area contributed by atoms with Gasteiger partial charge in [-0.25, -0.2) is 4.79 Å². The predicted octanol–water partition coefficient (Wildman–Crippen LogP) is 3.69. The Morgan fingerprint density at radius 1 is 1.20 bits per heavy atom. The first-order valence-electron chi connectivity index (χ1n) is 8.45. The molecule has 0 saturated carbocycles. The molecule has 0 fully saturated rings. The molecule has 2 aromatic rings. The minimum Gasteiger partial charge on any atom is -0.451 e. The Bertz CT molecular complexity index is 706. The maximum Gasteiger partial charge on any atom is 0.348 e. The van der Waals surface area contributed by atoms with Crippen LogP contribution in [0.2, 0.25) is 0 Å². The van der Waals surface area contributed by atoms with Crippen LogP contribution in [0.1, 0.15) is 33.0 Å². The fraction of sp³-hybridized carbons (Fsp3) is 0.368. The number of fused-ring (bicyclic) bond motifs is 1. The summed E-state index contributed by atoms with van der Waals surface area (Å²) in [7, 11) is 0. The van der Waals surface area contributed by atoms with Gasteiger partial charge in [0.05, 0.1) is 0 Å². The van der Waals surface area contributed by atoms with Crippen molar-refractivity contribution in [3.63, 3.8) is 0 Å². The molecule has 0 bridgehead atoms. The van der Waals surface area contributed by atoms with Crippen LogP contribution >= 0.6 is 23.1 Å². The standard InChI is InChI=1S/C19H21NO3S2/c21-18(20-10-5-11-24-15-7-2-1-3-8-15)13-23-19(22)17-12-14-6-4-9-16(14)25-17/h1-3,7-8,12H,4-6,9-11,13H2,(H,20,21). The molecule has 132 valence electrons. The minimum absolute atomic E-state index is 0.215. The van der Waals surface area contributed by atoms with E-state index in [-0.39, 0.29) is 12.5 Å². The number of thiophene rings is 1. The third-order valence-electron chi connectivity index (χ3n) is 3.94. The fourth-order valence-electron chi connectivity index (χ4n) is 2.69. The van der Waals surface area contributed by atoms with Crippen LogP contribution in [0.15, 0.2) is 41.3 Å². The highest BCUT2D eigenvalue weighted by atomic mass is 32.2. The van der Waals surface area contributed by atoms with Gasteiger partial charge in [0.2, 0.25) is 0 Å². The number of ether oxygens (including phenoxy) is 1. The largest absolute Gasteiger partial charge is 0.451 e. The quantitative estimate of drug-likeness (QED) is 0.434. The van der Waals surface area contributed by atoms with E-state index in [4.69, 9.17) is 4.74 Å². The summed E-state index contributed by atoms with van der Waals surface area (Å²) in [5.74, 6) is 0.293. The van der Waals surface area contributed by atoms with Gasteiger partial charge < -0.3 is 10.1 Å². The van der Waals surface area contributed by atoms with E-state index in [1.54, 1.807) is 11.8 Å². The number of benzene rings is 1. The Balaban J connectivity index is 1.29. The monoisotopic (exact) mass is 375 g/mol. The van der Waals surface area contributed by atoms with Gasteiger partial charge in [-0.05, 0) is 55.2 Å². The van der Waals surface area contributed by atoms with E-state index in [1.165, 1.54) is 33.1 Å². The summed E-state index contributed by atoms with van der Waals surface area (Å²) < 4.78 is 5.11.